The second-order valence-corrected chi connectivity index (χ2v) is 11.6. The first-order valence-electron chi connectivity index (χ1n) is 11.9. The molecule has 4 rings (SSSR count). The van der Waals surface area contributed by atoms with Crippen LogP contribution in [0, 0.1) is 0 Å². The molecule has 220 valence electrons. The van der Waals surface area contributed by atoms with Crippen molar-refractivity contribution in [3.05, 3.63) is 11.5 Å². The van der Waals surface area contributed by atoms with Gasteiger partial charge < -0.3 is 44.6 Å². The van der Waals surface area contributed by atoms with E-state index in [9.17, 15) is 42.8 Å². The van der Waals surface area contributed by atoms with Gasteiger partial charge in [-0.1, -0.05) is 12.8 Å². The number of ether oxygens (including phenoxy) is 3. The van der Waals surface area contributed by atoms with Crippen LogP contribution in [0.3, 0.4) is 0 Å². The Balaban J connectivity index is 1.51. The third-order valence-electron chi connectivity index (χ3n) is 6.59. The molecule has 2 aromatic heterocycles. The molecule has 2 aromatic rings. The van der Waals surface area contributed by atoms with E-state index in [2.05, 4.69) is 25.1 Å². The molecule has 0 bridgehead atoms. The smallest absolute Gasteiger partial charge is 0.393 e. The molecular formula is C20H28ClF3N5O9P. The van der Waals surface area contributed by atoms with Crippen LogP contribution in [0.1, 0.15) is 31.9 Å². The van der Waals surface area contributed by atoms with E-state index in [-0.39, 0.29) is 17.0 Å². The predicted molar refractivity (Wildman–Crippen MR) is 127 cm³/mol. The van der Waals surface area contributed by atoms with Crippen molar-refractivity contribution in [1.29, 1.82) is 0 Å². The molecule has 5 atom stereocenters. The first kappa shape index (κ1) is 30.3. The fourth-order valence-electron chi connectivity index (χ4n) is 4.48. The summed E-state index contributed by atoms with van der Waals surface area (Å²) >= 11 is 6.11. The van der Waals surface area contributed by atoms with Crippen molar-refractivity contribution in [2.75, 3.05) is 31.7 Å². The number of fused-ring (bicyclic) bond motifs is 1. The number of aliphatic hydroxyl groups is 3. The van der Waals surface area contributed by atoms with Crippen LogP contribution in [-0.2, 0) is 18.8 Å². The van der Waals surface area contributed by atoms with Gasteiger partial charge in [0.25, 0.3) is 0 Å². The summed E-state index contributed by atoms with van der Waals surface area (Å²) in [4.78, 5) is 27.7. The van der Waals surface area contributed by atoms with Gasteiger partial charge in [0.1, 0.15) is 30.7 Å². The van der Waals surface area contributed by atoms with Gasteiger partial charge in [-0.2, -0.15) is 28.2 Å². The molecule has 1 saturated heterocycles. The van der Waals surface area contributed by atoms with E-state index in [1.807, 2.05) is 0 Å². The lowest BCUT2D eigenvalue weighted by Crippen LogP contribution is -2.45. The number of nitrogens with one attached hydrogen (secondary N) is 1. The molecule has 1 aliphatic carbocycles. The second-order valence-electron chi connectivity index (χ2n) is 9.41. The molecule has 1 aliphatic heterocycles. The van der Waals surface area contributed by atoms with Crippen molar-refractivity contribution in [3.63, 3.8) is 0 Å². The highest BCUT2D eigenvalue weighted by atomic mass is 35.5. The number of halogens is 4. The van der Waals surface area contributed by atoms with Gasteiger partial charge in [0.05, 0.1) is 31.4 Å². The number of aromatic nitrogens is 4. The van der Waals surface area contributed by atoms with E-state index in [4.69, 9.17) is 21.1 Å². The highest BCUT2D eigenvalue weighted by molar-refractivity contribution is 7.53. The van der Waals surface area contributed by atoms with Crippen LogP contribution in [0.2, 0.25) is 5.28 Å². The van der Waals surface area contributed by atoms with E-state index in [1.54, 1.807) is 0 Å². The molecule has 14 nitrogen and oxygen atoms in total. The summed E-state index contributed by atoms with van der Waals surface area (Å²) in [7, 11) is -5.42. The highest BCUT2D eigenvalue weighted by Gasteiger charge is 2.52. The Kier molecular flexibility index (Phi) is 9.07. The maximum atomic E-state index is 12.5. The topological polar surface area (TPSA) is 202 Å². The van der Waals surface area contributed by atoms with Crippen LogP contribution < -0.4 is 5.32 Å². The maximum Gasteiger partial charge on any atom is 0.411 e. The Morgan fingerprint density at radius 1 is 1.18 bits per heavy atom. The summed E-state index contributed by atoms with van der Waals surface area (Å²) in [5.41, 5.74) is 0.161. The van der Waals surface area contributed by atoms with Gasteiger partial charge in [-0.25, -0.2) is 4.68 Å². The Morgan fingerprint density at radius 3 is 2.49 bits per heavy atom. The first-order chi connectivity index (χ1) is 18.2. The number of rotatable bonds is 11. The lowest BCUT2D eigenvalue weighted by Gasteiger charge is -2.33. The highest BCUT2D eigenvalue weighted by Crippen LogP contribution is 2.51. The largest absolute Gasteiger partial charge is 0.411 e. The van der Waals surface area contributed by atoms with E-state index in [0.29, 0.717) is 11.2 Å². The van der Waals surface area contributed by atoms with Crippen molar-refractivity contribution in [1.82, 2.24) is 19.7 Å². The number of alkyl halides is 3. The minimum absolute atomic E-state index is 0.120. The minimum atomic E-state index is -5.42. The lowest BCUT2D eigenvalue weighted by atomic mass is 10.1. The SMILES string of the molecule is O=P(O)(O)[C@@](CO)(COCC(F)(F)F)OCC1O[C@@H](n2ncc3c(NC4CCCC4)nc(Cl)nc32)[C@H](O)[C@@H]1O. The van der Waals surface area contributed by atoms with Crippen LogP contribution in [0.5, 0.6) is 0 Å². The number of anilines is 1. The number of nitrogens with zero attached hydrogens (tertiary/aromatic N) is 4. The van der Waals surface area contributed by atoms with Gasteiger partial charge in [0.15, 0.2) is 11.9 Å². The molecule has 1 unspecified atom stereocenters. The average molecular weight is 606 g/mol. The van der Waals surface area contributed by atoms with Crippen LogP contribution in [0.15, 0.2) is 6.20 Å². The van der Waals surface area contributed by atoms with Gasteiger partial charge in [-0.3, -0.25) is 4.57 Å². The summed E-state index contributed by atoms with van der Waals surface area (Å²) in [6.45, 7) is -5.44. The van der Waals surface area contributed by atoms with Gasteiger partial charge in [-0.05, 0) is 24.4 Å². The van der Waals surface area contributed by atoms with Crippen molar-refractivity contribution in [3.8, 4) is 0 Å². The van der Waals surface area contributed by atoms with Crippen molar-refractivity contribution in [2.24, 2.45) is 0 Å². The maximum absolute atomic E-state index is 12.5. The molecular weight excluding hydrogens is 578 g/mol. The van der Waals surface area contributed by atoms with E-state index in [0.717, 1.165) is 30.4 Å². The predicted octanol–water partition coefficient (Wildman–Crippen LogP) is 0.915. The van der Waals surface area contributed by atoms with Gasteiger partial charge >= 0.3 is 13.8 Å². The van der Waals surface area contributed by atoms with E-state index >= 15 is 0 Å². The summed E-state index contributed by atoms with van der Waals surface area (Å²) < 4.78 is 65.7. The minimum Gasteiger partial charge on any atom is -0.393 e. The zero-order valence-electron chi connectivity index (χ0n) is 20.2. The number of aliphatic hydroxyl groups excluding tert-OH is 3. The second kappa shape index (κ2) is 11.7. The molecule has 0 radical (unpaired) electrons. The Hall–Kier alpha value is -1.66. The molecule has 2 fully saturated rings. The van der Waals surface area contributed by atoms with E-state index < -0.39 is 70.1 Å². The Bertz CT molecular complexity index is 1200. The van der Waals surface area contributed by atoms with Crippen LogP contribution in [-0.4, -0.2) is 107 Å². The third-order valence-corrected chi connectivity index (χ3v) is 8.22. The summed E-state index contributed by atoms with van der Waals surface area (Å²) in [5, 5.41) is 35.8. The van der Waals surface area contributed by atoms with Gasteiger partial charge in [0, 0.05) is 6.04 Å². The lowest BCUT2D eigenvalue weighted by molar-refractivity contribution is -0.192. The summed E-state index contributed by atoms with van der Waals surface area (Å²) in [5.74, 6) is 0.421. The fourth-order valence-corrected chi connectivity index (χ4v) is 5.34. The summed E-state index contributed by atoms with van der Waals surface area (Å²) in [6.07, 6.45) is -5.50. The molecule has 0 spiro atoms. The monoisotopic (exact) mass is 605 g/mol. The molecule has 19 heteroatoms. The van der Waals surface area contributed by atoms with Gasteiger partial charge in [-0.15, -0.1) is 0 Å². The average Bonchev–Trinajstić information content (AvgIpc) is 3.56. The van der Waals surface area contributed by atoms with Crippen LogP contribution in [0.4, 0.5) is 19.0 Å². The zero-order chi connectivity index (χ0) is 28.6. The third kappa shape index (κ3) is 6.64. The standard InChI is InChI=1S/C20H28ClF3N5O9P/c21-18-27-15(26-10-3-1-2-4-10)11-5-25-29(16(11)28-18)17-14(32)13(31)12(38-17)6-37-19(7-30,39(33,34)35)8-36-9-20(22,23)24/h5,10,12-14,17,30-32H,1-4,6-9H2,(H,26,27,28)(H2,33,34,35)/t12?,13-,14-,17-,19+/m1/s1. The molecule has 0 aromatic carbocycles. The number of hydrogen-bond acceptors (Lipinski definition) is 11. The first-order valence-corrected chi connectivity index (χ1v) is 13.9. The molecule has 3 heterocycles. The van der Waals surface area contributed by atoms with Crippen LogP contribution >= 0.6 is 19.2 Å². The molecule has 39 heavy (non-hydrogen) atoms. The molecule has 6 N–H and O–H groups in total. The van der Waals surface area contributed by atoms with Crippen LogP contribution in [0.25, 0.3) is 11.0 Å². The molecule has 0 amide bonds. The number of hydrogen-bond donors (Lipinski definition) is 6. The Morgan fingerprint density at radius 2 is 1.87 bits per heavy atom. The fraction of sp³-hybridized carbons (Fsp3) is 0.750. The summed E-state index contributed by atoms with van der Waals surface area (Å²) in [6, 6.07) is 0.181. The molecule has 2 aliphatic rings. The normalized spacial score (nSPS) is 26.4. The van der Waals surface area contributed by atoms with E-state index in [1.165, 1.54) is 6.20 Å². The molecule has 1 saturated carbocycles. The van der Waals surface area contributed by atoms with Gasteiger partial charge in [0.2, 0.25) is 10.6 Å². The van der Waals surface area contributed by atoms with Crippen molar-refractivity contribution >= 4 is 36.0 Å². The van der Waals surface area contributed by atoms with Crippen molar-refractivity contribution < 1.29 is 57.1 Å². The van der Waals surface area contributed by atoms with Crippen molar-refractivity contribution in [2.45, 2.75) is 67.8 Å². The quantitative estimate of drug-likeness (QED) is 0.156. The zero-order valence-corrected chi connectivity index (χ0v) is 21.9. The Labute approximate surface area is 224 Å².